The van der Waals surface area contributed by atoms with E-state index in [1.807, 2.05) is 13.0 Å². The minimum Gasteiger partial charge on any atom is -0.396 e. The first-order chi connectivity index (χ1) is 5.99. The van der Waals surface area contributed by atoms with Crippen molar-refractivity contribution < 1.29 is 9.90 Å². The number of aliphatic hydroxyl groups is 1. The van der Waals surface area contributed by atoms with E-state index >= 15 is 0 Å². The first-order valence-electron chi connectivity index (χ1n) is 4.53. The fourth-order valence-electron chi connectivity index (χ4n) is 1.76. The summed E-state index contributed by atoms with van der Waals surface area (Å²) in [6, 6.07) is 0. The predicted octanol–water partition coefficient (Wildman–Crippen LogP) is 1.85. The van der Waals surface area contributed by atoms with E-state index in [4.69, 9.17) is 5.11 Å². The average molecular weight is 180 g/mol. The molecular formula is C11H16O2. The molecule has 1 aliphatic carbocycles. The number of ketones is 1. The third kappa shape index (κ3) is 1.89. The van der Waals surface area contributed by atoms with E-state index in [1.54, 1.807) is 6.08 Å². The Balaban J connectivity index is 3.06. The molecule has 0 saturated heterocycles. The van der Waals surface area contributed by atoms with Crippen molar-refractivity contribution in [2.24, 2.45) is 5.41 Å². The van der Waals surface area contributed by atoms with E-state index in [0.717, 1.165) is 11.1 Å². The summed E-state index contributed by atoms with van der Waals surface area (Å²) < 4.78 is 0. The summed E-state index contributed by atoms with van der Waals surface area (Å²) in [5, 5.41) is 8.89. The smallest absolute Gasteiger partial charge is 0.181 e. The van der Waals surface area contributed by atoms with Crippen LogP contribution in [0.1, 0.15) is 27.2 Å². The zero-order valence-electron chi connectivity index (χ0n) is 8.42. The third-order valence-corrected chi connectivity index (χ3v) is 2.61. The van der Waals surface area contributed by atoms with Gasteiger partial charge in [-0.3, -0.25) is 4.79 Å². The normalized spacial score (nSPS) is 21.1. The molecule has 0 fully saturated rings. The highest BCUT2D eigenvalue weighted by atomic mass is 16.3. The monoisotopic (exact) mass is 180 g/mol. The summed E-state index contributed by atoms with van der Waals surface area (Å²) in [6.07, 6.45) is 4.12. The Bertz CT molecular complexity index is 282. The maximum absolute atomic E-state index is 11.3. The van der Waals surface area contributed by atoms with Gasteiger partial charge in [0.1, 0.15) is 0 Å². The molecule has 72 valence electrons. The Labute approximate surface area is 79.0 Å². The molecule has 0 aromatic carbocycles. The molecule has 0 heterocycles. The van der Waals surface area contributed by atoms with E-state index in [9.17, 15) is 4.79 Å². The largest absolute Gasteiger partial charge is 0.396 e. The van der Waals surface area contributed by atoms with Gasteiger partial charge in [0, 0.05) is 12.0 Å². The molecule has 0 aromatic heterocycles. The van der Waals surface area contributed by atoms with Crippen LogP contribution in [0.4, 0.5) is 0 Å². The lowest BCUT2D eigenvalue weighted by Gasteiger charge is -2.29. The average Bonchev–Trinajstić information content (AvgIpc) is 2.07. The van der Waals surface area contributed by atoms with Gasteiger partial charge in [0.2, 0.25) is 0 Å². The molecule has 2 heteroatoms. The quantitative estimate of drug-likeness (QED) is 0.704. The van der Waals surface area contributed by atoms with Gasteiger partial charge in [-0.1, -0.05) is 25.5 Å². The maximum Gasteiger partial charge on any atom is 0.181 e. The third-order valence-electron chi connectivity index (χ3n) is 2.61. The van der Waals surface area contributed by atoms with E-state index in [2.05, 4.69) is 13.8 Å². The summed E-state index contributed by atoms with van der Waals surface area (Å²) >= 11 is 0. The van der Waals surface area contributed by atoms with Crippen LogP contribution in [-0.4, -0.2) is 17.5 Å². The Morgan fingerprint density at radius 1 is 1.46 bits per heavy atom. The van der Waals surface area contributed by atoms with Crippen LogP contribution in [0.25, 0.3) is 0 Å². The number of hydrogen-bond donors (Lipinski definition) is 1. The van der Waals surface area contributed by atoms with Crippen LogP contribution in [0.3, 0.4) is 0 Å². The van der Waals surface area contributed by atoms with Crippen molar-refractivity contribution in [3.05, 3.63) is 23.3 Å². The molecule has 0 amide bonds. The lowest BCUT2D eigenvalue weighted by Crippen LogP contribution is -2.21. The van der Waals surface area contributed by atoms with E-state index < -0.39 is 0 Å². The van der Waals surface area contributed by atoms with Gasteiger partial charge in [-0.2, -0.15) is 0 Å². The lowest BCUT2D eigenvalue weighted by atomic mass is 9.75. The SMILES string of the molecule is CC1=C(CCO)C(C)(C)C=CC1=O. The summed E-state index contributed by atoms with van der Waals surface area (Å²) in [4.78, 5) is 11.3. The van der Waals surface area contributed by atoms with Crippen LogP contribution in [0.5, 0.6) is 0 Å². The van der Waals surface area contributed by atoms with Crippen molar-refractivity contribution in [1.29, 1.82) is 0 Å². The molecule has 0 bridgehead atoms. The van der Waals surface area contributed by atoms with Crippen molar-refractivity contribution in [1.82, 2.24) is 0 Å². The summed E-state index contributed by atoms with van der Waals surface area (Å²) in [7, 11) is 0. The van der Waals surface area contributed by atoms with Crippen molar-refractivity contribution in [3.8, 4) is 0 Å². The number of aliphatic hydroxyl groups excluding tert-OH is 1. The molecule has 0 aromatic rings. The topological polar surface area (TPSA) is 37.3 Å². The van der Waals surface area contributed by atoms with Crippen molar-refractivity contribution >= 4 is 5.78 Å². The van der Waals surface area contributed by atoms with Crippen LogP contribution >= 0.6 is 0 Å². The van der Waals surface area contributed by atoms with E-state index in [1.165, 1.54) is 0 Å². The zero-order chi connectivity index (χ0) is 10.1. The van der Waals surface area contributed by atoms with Gasteiger partial charge in [-0.05, 0) is 25.0 Å². The van der Waals surface area contributed by atoms with Crippen LogP contribution < -0.4 is 0 Å². The summed E-state index contributed by atoms with van der Waals surface area (Å²) in [5.41, 5.74) is 1.77. The Hall–Kier alpha value is -0.890. The van der Waals surface area contributed by atoms with Gasteiger partial charge in [0.05, 0.1) is 0 Å². The van der Waals surface area contributed by atoms with Gasteiger partial charge in [0.25, 0.3) is 0 Å². The minimum absolute atomic E-state index is 0.0720. The highest BCUT2D eigenvalue weighted by molar-refractivity contribution is 6.05. The number of carbonyl (C=O) groups excluding carboxylic acids is 1. The number of allylic oxidation sites excluding steroid dienone is 3. The first-order valence-corrected chi connectivity index (χ1v) is 4.53. The molecule has 0 radical (unpaired) electrons. The highest BCUT2D eigenvalue weighted by Gasteiger charge is 2.27. The molecule has 0 unspecified atom stereocenters. The van der Waals surface area contributed by atoms with Gasteiger partial charge in [-0.15, -0.1) is 0 Å². The van der Waals surface area contributed by atoms with Gasteiger partial charge >= 0.3 is 0 Å². The van der Waals surface area contributed by atoms with Crippen LogP contribution in [-0.2, 0) is 4.79 Å². The van der Waals surface area contributed by atoms with Gasteiger partial charge in [-0.25, -0.2) is 0 Å². The second-order valence-electron chi connectivity index (χ2n) is 4.00. The summed E-state index contributed by atoms with van der Waals surface area (Å²) in [5.74, 6) is 0.0720. The van der Waals surface area contributed by atoms with E-state index in [0.29, 0.717) is 6.42 Å². The number of carbonyl (C=O) groups is 1. The molecule has 1 N–H and O–H groups in total. The second-order valence-corrected chi connectivity index (χ2v) is 4.00. The molecule has 0 saturated carbocycles. The summed E-state index contributed by atoms with van der Waals surface area (Å²) in [6.45, 7) is 6.06. The fourth-order valence-corrected chi connectivity index (χ4v) is 1.76. The standard InChI is InChI=1S/C11H16O2/c1-8-9(5-7-12)11(2,3)6-4-10(8)13/h4,6,12H,5,7H2,1-3H3. The highest BCUT2D eigenvalue weighted by Crippen LogP contribution is 2.35. The maximum atomic E-state index is 11.3. The number of hydrogen-bond acceptors (Lipinski definition) is 2. The zero-order valence-corrected chi connectivity index (χ0v) is 8.42. The predicted molar refractivity (Wildman–Crippen MR) is 52.3 cm³/mol. The molecule has 1 rings (SSSR count). The minimum atomic E-state index is -0.0826. The molecule has 1 aliphatic rings. The van der Waals surface area contributed by atoms with Crippen molar-refractivity contribution in [2.75, 3.05) is 6.61 Å². The van der Waals surface area contributed by atoms with Crippen LogP contribution in [0.15, 0.2) is 23.3 Å². The van der Waals surface area contributed by atoms with E-state index in [-0.39, 0.29) is 17.8 Å². The van der Waals surface area contributed by atoms with Crippen LogP contribution in [0, 0.1) is 5.41 Å². The Morgan fingerprint density at radius 3 is 2.62 bits per heavy atom. The Kier molecular flexibility index (Phi) is 2.71. The second kappa shape index (κ2) is 3.46. The van der Waals surface area contributed by atoms with Crippen molar-refractivity contribution in [2.45, 2.75) is 27.2 Å². The molecule has 2 nitrogen and oxygen atoms in total. The molecule has 13 heavy (non-hydrogen) atoms. The van der Waals surface area contributed by atoms with Crippen molar-refractivity contribution in [3.63, 3.8) is 0 Å². The fraction of sp³-hybridized carbons (Fsp3) is 0.545. The van der Waals surface area contributed by atoms with Gasteiger partial charge < -0.3 is 5.11 Å². The van der Waals surface area contributed by atoms with Gasteiger partial charge in [0.15, 0.2) is 5.78 Å². The molecule has 0 atom stereocenters. The lowest BCUT2D eigenvalue weighted by molar-refractivity contribution is -0.111. The molecule has 0 aliphatic heterocycles. The molecular weight excluding hydrogens is 164 g/mol. The number of rotatable bonds is 2. The first kappa shape index (κ1) is 10.2. The Morgan fingerprint density at radius 2 is 2.08 bits per heavy atom. The van der Waals surface area contributed by atoms with Crippen LogP contribution in [0.2, 0.25) is 0 Å². The molecule has 0 spiro atoms.